The van der Waals surface area contributed by atoms with Gasteiger partial charge in [-0.05, 0) is 29.8 Å². The molecule has 0 aliphatic heterocycles. The van der Waals surface area contributed by atoms with E-state index >= 15 is 0 Å². The molecule has 0 bridgehead atoms. The summed E-state index contributed by atoms with van der Waals surface area (Å²) in [5.74, 6) is 0.139. The molecular formula is C26H23FN4O3S. The summed E-state index contributed by atoms with van der Waals surface area (Å²) >= 11 is 1.26. The molecule has 35 heavy (non-hydrogen) atoms. The largest absolute Gasteiger partial charge is 0.483 e. The molecule has 7 nitrogen and oxygen atoms in total. The van der Waals surface area contributed by atoms with E-state index in [1.165, 1.54) is 24.8 Å². The summed E-state index contributed by atoms with van der Waals surface area (Å²) < 4.78 is 21.4. The first kappa shape index (κ1) is 24.2. The monoisotopic (exact) mass is 490 g/mol. The molecule has 0 aliphatic carbocycles. The van der Waals surface area contributed by atoms with Gasteiger partial charge in [0.1, 0.15) is 6.61 Å². The molecule has 4 rings (SSSR count). The molecule has 1 N–H and O–H groups in total. The van der Waals surface area contributed by atoms with Crippen LogP contribution in [0.1, 0.15) is 28.7 Å². The molecule has 1 amide bonds. The highest BCUT2D eigenvalue weighted by atomic mass is 32.2. The zero-order valence-electron chi connectivity index (χ0n) is 19.0. The van der Waals surface area contributed by atoms with E-state index in [0.29, 0.717) is 23.1 Å². The molecule has 1 aromatic heterocycles. The second-order valence-electron chi connectivity index (χ2n) is 7.61. The Balaban J connectivity index is 1.47. The van der Waals surface area contributed by atoms with Gasteiger partial charge >= 0.3 is 0 Å². The van der Waals surface area contributed by atoms with Gasteiger partial charge < -0.3 is 10.1 Å². The van der Waals surface area contributed by atoms with E-state index in [2.05, 4.69) is 15.5 Å². The zero-order valence-corrected chi connectivity index (χ0v) is 19.8. The molecular weight excluding hydrogens is 467 g/mol. The van der Waals surface area contributed by atoms with Crippen LogP contribution in [0.25, 0.3) is 5.69 Å². The normalized spacial score (nSPS) is 10.7. The first-order chi connectivity index (χ1) is 17.0. The number of hydrogen-bond donors (Lipinski definition) is 1. The number of carbonyl (C=O) groups excluding carboxylic acids is 2. The number of ketones is 1. The predicted octanol–water partition coefficient (Wildman–Crippen LogP) is 4.60. The molecule has 0 unspecified atom stereocenters. The fourth-order valence-electron chi connectivity index (χ4n) is 3.28. The quantitative estimate of drug-likeness (QED) is 0.258. The van der Waals surface area contributed by atoms with Crippen LogP contribution in [-0.2, 0) is 17.9 Å². The van der Waals surface area contributed by atoms with Crippen molar-refractivity contribution in [2.24, 2.45) is 0 Å². The summed E-state index contributed by atoms with van der Waals surface area (Å²) in [6.07, 6.45) is 0. The smallest absolute Gasteiger partial charge is 0.217 e. The maximum Gasteiger partial charge on any atom is 0.217 e. The van der Waals surface area contributed by atoms with Crippen molar-refractivity contribution in [3.63, 3.8) is 0 Å². The van der Waals surface area contributed by atoms with Gasteiger partial charge in [-0.2, -0.15) is 0 Å². The SMILES string of the molecule is CC(=O)NCc1ccc(C(=O)CSc2nnc(COc3ccccc3F)n2-c2ccccc2)cc1. The molecule has 0 saturated carbocycles. The first-order valence-corrected chi connectivity index (χ1v) is 11.9. The van der Waals surface area contributed by atoms with Crippen LogP contribution in [0.15, 0.2) is 84.0 Å². The molecule has 178 valence electrons. The van der Waals surface area contributed by atoms with Crippen LogP contribution in [0.4, 0.5) is 4.39 Å². The third kappa shape index (κ3) is 6.33. The van der Waals surface area contributed by atoms with Crippen molar-refractivity contribution < 1.29 is 18.7 Å². The van der Waals surface area contributed by atoms with E-state index in [4.69, 9.17) is 4.74 Å². The highest BCUT2D eigenvalue weighted by Gasteiger charge is 2.17. The molecule has 9 heteroatoms. The van der Waals surface area contributed by atoms with Crippen molar-refractivity contribution in [1.82, 2.24) is 20.1 Å². The fraction of sp³-hybridized carbons (Fsp3) is 0.154. The number of rotatable bonds is 10. The minimum Gasteiger partial charge on any atom is -0.483 e. The molecule has 4 aromatic rings. The van der Waals surface area contributed by atoms with Crippen molar-refractivity contribution >= 4 is 23.5 Å². The average Bonchev–Trinajstić information content (AvgIpc) is 3.29. The minimum atomic E-state index is -0.457. The van der Waals surface area contributed by atoms with Gasteiger partial charge in [-0.15, -0.1) is 10.2 Å². The number of amides is 1. The summed E-state index contributed by atoms with van der Waals surface area (Å²) in [4.78, 5) is 23.9. The van der Waals surface area contributed by atoms with Gasteiger partial charge in [-0.3, -0.25) is 14.2 Å². The molecule has 0 atom stereocenters. The first-order valence-electron chi connectivity index (χ1n) is 10.9. The van der Waals surface area contributed by atoms with E-state index in [9.17, 15) is 14.0 Å². The lowest BCUT2D eigenvalue weighted by molar-refractivity contribution is -0.119. The van der Waals surface area contributed by atoms with Gasteiger partial charge in [0.05, 0.1) is 5.75 Å². The van der Waals surface area contributed by atoms with Crippen LogP contribution in [0.5, 0.6) is 5.75 Å². The average molecular weight is 491 g/mol. The van der Waals surface area contributed by atoms with Crippen LogP contribution in [0, 0.1) is 5.82 Å². The van der Waals surface area contributed by atoms with Gasteiger partial charge in [0.25, 0.3) is 0 Å². The van der Waals surface area contributed by atoms with Gasteiger partial charge in [0.2, 0.25) is 5.91 Å². The Bertz CT molecular complexity index is 1310. The highest BCUT2D eigenvalue weighted by molar-refractivity contribution is 7.99. The van der Waals surface area contributed by atoms with E-state index in [0.717, 1.165) is 11.3 Å². The summed E-state index contributed by atoms with van der Waals surface area (Å²) in [5, 5.41) is 11.7. The number of nitrogens with one attached hydrogen (secondary N) is 1. The van der Waals surface area contributed by atoms with E-state index in [1.807, 2.05) is 42.5 Å². The predicted molar refractivity (Wildman–Crippen MR) is 131 cm³/mol. The standard InChI is InChI=1S/C26H23FN4O3S/c1-18(32)28-15-19-11-13-20(14-12-19)23(33)17-35-26-30-29-25(31(26)21-7-3-2-4-8-21)16-34-24-10-6-5-9-22(24)27/h2-14H,15-17H2,1H3,(H,28,32). The number of thioether (sulfide) groups is 1. The Kier molecular flexibility index (Phi) is 7.89. The maximum atomic E-state index is 14.0. The molecule has 3 aromatic carbocycles. The lowest BCUT2D eigenvalue weighted by Gasteiger charge is -2.11. The Labute approximate surface area is 206 Å². The Morgan fingerprint density at radius 2 is 1.69 bits per heavy atom. The van der Waals surface area contributed by atoms with Crippen LogP contribution >= 0.6 is 11.8 Å². The molecule has 0 spiro atoms. The third-order valence-corrected chi connectivity index (χ3v) is 5.99. The number of benzene rings is 3. The number of hydrogen-bond acceptors (Lipinski definition) is 6. The van der Waals surface area contributed by atoms with Crippen molar-refractivity contribution in [3.8, 4) is 11.4 Å². The van der Waals surface area contributed by atoms with Crippen molar-refractivity contribution in [1.29, 1.82) is 0 Å². The Morgan fingerprint density at radius 3 is 2.40 bits per heavy atom. The van der Waals surface area contributed by atoms with E-state index in [1.54, 1.807) is 34.9 Å². The molecule has 0 aliphatic rings. The number of carbonyl (C=O) groups is 2. The Hall–Kier alpha value is -3.98. The highest BCUT2D eigenvalue weighted by Crippen LogP contribution is 2.24. The number of Topliss-reactive ketones (excluding diaryl/α,β-unsaturated/α-hetero) is 1. The van der Waals surface area contributed by atoms with Crippen LogP contribution in [0.2, 0.25) is 0 Å². The van der Waals surface area contributed by atoms with Crippen molar-refractivity contribution in [3.05, 3.63) is 102 Å². The molecule has 0 radical (unpaired) electrons. The van der Waals surface area contributed by atoms with Gasteiger partial charge in [-0.25, -0.2) is 4.39 Å². The summed E-state index contributed by atoms with van der Waals surface area (Å²) in [7, 11) is 0. The number of aromatic nitrogens is 3. The molecule has 0 saturated heterocycles. The van der Waals surface area contributed by atoms with E-state index < -0.39 is 5.82 Å². The topological polar surface area (TPSA) is 86.1 Å². The lowest BCUT2D eigenvalue weighted by Crippen LogP contribution is -2.18. The zero-order chi connectivity index (χ0) is 24.6. The minimum absolute atomic E-state index is 0.00704. The summed E-state index contributed by atoms with van der Waals surface area (Å²) in [6, 6.07) is 22.8. The fourth-order valence-corrected chi connectivity index (χ4v) is 4.14. The number of halogens is 1. The van der Waals surface area contributed by atoms with Crippen molar-refractivity contribution in [2.75, 3.05) is 5.75 Å². The number of nitrogens with zero attached hydrogens (tertiary/aromatic N) is 3. The Morgan fingerprint density at radius 1 is 0.971 bits per heavy atom. The molecule has 1 heterocycles. The van der Waals surface area contributed by atoms with Gasteiger partial charge in [-0.1, -0.05) is 66.4 Å². The third-order valence-electron chi connectivity index (χ3n) is 5.06. The summed E-state index contributed by atoms with van der Waals surface area (Å²) in [6.45, 7) is 1.88. The van der Waals surface area contributed by atoms with Gasteiger partial charge in [0.15, 0.2) is 28.3 Å². The van der Waals surface area contributed by atoms with Crippen LogP contribution < -0.4 is 10.1 Å². The van der Waals surface area contributed by atoms with E-state index in [-0.39, 0.29) is 29.8 Å². The van der Waals surface area contributed by atoms with Crippen molar-refractivity contribution in [2.45, 2.75) is 25.2 Å². The van der Waals surface area contributed by atoms with Gasteiger partial charge in [0, 0.05) is 24.7 Å². The second-order valence-corrected chi connectivity index (χ2v) is 8.55. The number of para-hydroxylation sites is 2. The van der Waals surface area contributed by atoms with Crippen LogP contribution in [-0.4, -0.2) is 32.2 Å². The van der Waals surface area contributed by atoms with Crippen LogP contribution in [0.3, 0.4) is 0 Å². The number of ether oxygens (including phenoxy) is 1. The maximum absolute atomic E-state index is 14.0. The molecule has 0 fully saturated rings. The second kappa shape index (κ2) is 11.4. The lowest BCUT2D eigenvalue weighted by atomic mass is 10.1. The summed E-state index contributed by atoms with van der Waals surface area (Å²) in [5.41, 5.74) is 2.28.